The number of aromatic nitrogens is 1. The zero-order valence-electron chi connectivity index (χ0n) is 20.5. The maximum Gasteiger partial charge on any atom is 0.423 e. The second-order valence-corrected chi connectivity index (χ2v) is 9.30. The average Bonchev–Trinajstić information content (AvgIpc) is 2.89. The van der Waals surface area contributed by atoms with E-state index < -0.39 is 22.4 Å². The largest absolute Gasteiger partial charge is 0.474 e. The predicted molar refractivity (Wildman–Crippen MR) is 132 cm³/mol. The first-order valence-corrected chi connectivity index (χ1v) is 12.4. The fourth-order valence-corrected chi connectivity index (χ4v) is 4.84. The number of nitro groups is 1. The average molecular weight is 522 g/mol. The number of ether oxygens (including phenoxy) is 1. The van der Waals surface area contributed by atoms with Gasteiger partial charge in [-0.15, -0.1) is 0 Å². The third-order valence-corrected chi connectivity index (χ3v) is 6.85. The predicted octanol–water partition coefficient (Wildman–Crippen LogP) is 4.87. The Balaban J connectivity index is 1.30. The second-order valence-electron chi connectivity index (χ2n) is 9.30. The van der Waals surface area contributed by atoms with Gasteiger partial charge in [-0.2, -0.15) is 13.2 Å². The quantitative estimate of drug-likeness (QED) is 0.410. The first-order chi connectivity index (χ1) is 17.6. The van der Waals surface area contributed by atoms with E-state index >= 15 is 0 Å². The van der Waals surface area contributed by atoms with Gasteiger partial charge >= 0.3 is 6.18 Å². The molecule has 1 saturated heterocycles. The number of pyridine rings is 1. The molecule has 2 fully saturated rings. The van der Waals surface area contributed by atoms with Gasteiger partial charge in [0.1, 0.15) is 11.7 Å². The van der Waals surface area contributed by atoms with Crippen LogP contribution in [0.3, 0.4) is 0 Å². The number of halogens is 3. The molecule has 1 amide bonds. The van der Waals surface area contributed by atoms with Crippen molar-refractivity contribution in [3.8, 4) is 5.88 Å². The Labute approximate surface area is 212 Å². The third-order valence-electron chi connectivity index (χ3n) is 6.85. The molecule has 1 N–H and O–H groups in total. The zero-order chi connectivity index (χ0) is 26.6. The number of alkyl halides is 3. The first-order valence-electron chi connectivity index (χ1n) is 12.4. The summed E-state index contributed by atoms with van der Waals surface area (Å²) in [7, 11) is 0. The van der Waals surface area contributed by atoms with Crippen molar-refractivity contribution in [2.75, 3.05) is 36.4 Å². The van der Waals surface area contributed by atoms with E-state index in [1.807, 2.05) is 24.0 Å². The number of nitrogens with zero attached hydrogens (tertiary/aromatic N) is 4. The summed E-state index contributed by atoms with van der Waals surface area (Å²) in [5.41, 5.74) is -1.02. The number of hydrogen-bond acceptors (Lipinski definition) is 7. The number of nitro benzene ring substituents is 1. The molecular formula is C25H30F3N5O4. The molecule has 1 aliphatic heterocycles. The number of benzene rings is 1. The molecule has 0 atom stereocenters. The van der Waals surface area contributed by atoms with Crippen LogP contribution < -0.4 is 15.0 Å². The fraction of sp³-hybridized carbons (Fsp3) is 0.520. The van der Waals surface area contributed by atoms with Crippen molar-refractivity contribution in [1.82, 2.24) is 9.88 Å². The van der Waals surface area contributed by atoms with Gasteiger partial charge in [-0.1, -0.05) is 6.92 Å². The summed E-state index contributed by atoms with van der Waals surface area (Å²) in [4.78, 5) is 30.3. The Morgan fingerprint density at radius 2 is 1.84 bits per heavy atom. The molecule has 1 aromatic heterocycles. The van der Waals surface area contributed by atoms with Crippen LogP contribution in [-0.4, -0.2) is 59.0 Å². The van der Waals surface area contributed by atoms with Crippen LogP contribution >= 0.6 is 0 Å². The number of amides is 1. The Bertz CT molecular complexity index is 1110. The van der Waals surface area contributed by atoms with E-state index in [4.69, 9.17) is 4.74 Å². The van der Waals surface area contributed by atoms with E-state index in [1.165, 1.54) is 6.07 Å². The lowest BCUT2D eigenvalue weighted by Gasteiger charge is -2.36. The maximum absolute atomic E-state index is 13.3. The van der Waals surface area contributed by atoms with E-state index in [1.54, 1.807) is 6.20 Å². The number of piperazine rings is 1. The molecule has 200 valence electrons. The van der Waals surface area contributed by atoms with Gasteiger partial charge in [-0.05, 0) is 43.9 Å². The molecule has 1 saturated carbocycles. The third kappa shape index (κ3) is 6.60. The second kappa shape index (κ2) is 11.2. The molecular weight excluding hydrogens is 491 g/mol. The van der Waals surface area contributed by atoms with Gasteiger partial charge in [0.05, 0.1) is 4.92 Å². The van der Waals surface area contributed by atoms with Gasteiger partial charge in [0.15, 0.2) is 0 Å². The number of nitrogens with one attached hydrogen (secondary N) is 1. The van der Waals surface area contributed by atoms with Gasteiger partial charge in [0, 0.05) is 68.3 Å². The SMILES string of the molecule is CCC(=O)N1CCN(c2ccnc(O[C@H]3CC[C@H](Nc4ccc([N+](=O)[O-])c(C(F)(F)F)c4)CC3)c2)CC1. The number of anilines is 2. The van der Waals surface area contributed by atoms with Crippen LogP contribution in [0.4, 0.5) is 30.2 Å². The number of rotatable bonds is 7. The number of hydrogen-bond donors (Lipinski definition) is 1. The Kier molecular flexibility index (Phi) is 8.03. The van der Waals surface area contributed by atoms with Crippen molar-refractivity contribution in [2.45, 2.75) is 57.3 Å². The normalized spacial score (nSPS) is 20.4. The van der Waals surface area contributed by atoms with E-state index in [9.17, 15) is 28.1 Å². The molecule has 1 aromatic carbocycles. The van der Waals surface area contributed by atoms with Gasteiger partial charge in [-0.25, -0.2) is 4.98 Å². The van der Waals surface area contributed by atoms with Crippen LogP contribution in [0.15, 0.2) is 36.5 Å². The minimum atomic E-state index is -4.81. The summed E-state index contributed by atoms with van der Waals surface area (Å²) in [5.74, 6) is 0.684. The molecule has 4 rings (SSSR count). The lowest BCUT2D eigenvalue weighted by Crippen LogP contribution is -2.48. The minimum absolute atomic E-state index is 0.0659. The van der Waals surface area contributed by atoms with Gasteiger partial charge in [-0.3, -0.25) is 14.9 Å². The summed E-state index contributed by atoms with van der Waals surface area (Å²) in [6.07, 6.45) is 0.0742. The van der Waals surface area contributed by atoms with E-state index in [2.05, 4.69) is 15.2 Å². The Morgan fingerprint density at radius 1 is 1.14 bits per heavy atom. The van der Waals surface area contributed by atoms with Crippen molar-refractivity contribution in [2.24, 2.45) is 0 Å². The number of carbonyl (C=O) groups excluding carboxylic acids is 1. The molecule has 2 heterocycles. The molecule has 0 unspecified atom stereocenters. The molecule has 37 heavy (non-hydrogen) atoms. The maximum atomic E-state index is 13.3. The highest BCUT2D eigenvalue weighted by Crippen LogP contribution is 2.38. The van der Waals surface area contributed by atoms with Crippen LogP contribution in [0, 0.1) is 10.1 Å². The molecule has 0 radical (unpaired) electrons. The minimum Gasteiger partial charge on any atom is -0.474 e. The van der Waals surface area contributed by atoms with Crippen molar-refractivity contribution >= 4 is 23.0 Å². The van der Waals surface area contributed by atoms with Crippen LogP contribution in [0.25, 0.3) is 0 Å². The van der Waals surface area contributed by atoms with Crippen LogP contribution in [0.5, 0.6) is 5.88 Å². The molecule has 9 nitrogen and oxygen atoms in total. The van der Waals surface area contributed by atoms with Gasteiger partial charge in [0.25, 0.3) is 5.69 Å². The fourth-order valence-electron chi connectivity index (χ4n) is 4.84. The molecule has 2 aliphatic rings. The van der Waals surface area contributed by atoms with Crippen molar-refractivity contribution in [3.63, 3.8) is 0 Å². The van der Waals surface area contributed by atoms with E-state index in [0.717, 1.165) is 30.9 Å². The van der Waals surface area contributed by atoms with Crippen molar-refractivity contribution < 1.29 is 27.6 Å². The lowest BCUT2D eigenvalue weighted by atomic mass is 9.92. The smallest absolute Gasteiger partial charge is 0.423 e. The monoisotopic (exact) mass is 521 g/mol. The van der Waals surface area contributed by atoms with Crippen molar-refractivity contribution in [3.05, 3.63) is 52.2 Å². The Hall–Kier alpha value is -3.57. The molecule has 0 bridgehead atoms. The summed E-state index contributed by atoms with van der Waals surface area (Å²) < 4.78 is 45.9. The summed E-state index contributed by atoms with van der Waals surface area (Å²) >= 11 is 0. The van der Waals surface area contributed by atoms with Crippen LogP contribution in [-0.2, 0) is 11.0 Å². The van der Waals surface area contributed by atoms with E-state index in [0.29, 0.717) is 51.1 Å². The highest BCUT2D eigenvalue weighted by Gasteiger charge is 2.38. The van der Waals surface area contributed by atoms with Gasteiger partial charge in [0.2, 0.25) is 11.8 Å². The molecule has 2 aromatic rings. The summed E-state index contributed by atoms with van der Waals surface area (Å²) in [6, 6.07) is 6.75. The topological polar surface area (TPSA) is 101 Å². The zero-order valence-corrected chi connectivity index (χ0v) is 20.5. The molecule has 0 spiro atoms. The van der Waals surface area contributed by atoms with Crippen LogP contribution in [0.1, 0.15) is 44.6 Å². The van der Waals surface area contributed by atoms with Crippen molar-refractivity contribution in [1.29, 1.82) is 0 Å². The first kappa shape index (κ1) is 26.5. The Morgan fingerprint density at radius 3 is 2.46 bits per heavy atom. The highest BCUT2D eigenvalue weighted by molar-refractivity contribution is 5.76. The van der Waals surface area contributed by atoms with Crippen LogP contribution in [0.2, 0.25) is 0 Å². The lowest BCUT2D eigenvalue weighted by molar-refractivity contribution is -0.388. The highest BCUT2D eigenvalue weighted by atomic mass is 19.4. The number of carbonyl (C=O) groups is 1. The van der Waals surface area contributed by atoms with E-state index in [-0.39, 0.29) is 23.7 Å². The summed E-state index contributed by atoms with van der Waals surface area (Å²) in [6.45, 7) is 4.71. The summed E-state index contributed by atoms with van der Waals surface area (Å²) in [5, 5.41) is 14.0. The standard InChI is InChI=1S/C25H30F3N5O4/c1-2-24(34)32-13-11-31(12-14-32)19-9-10-29-23(16-19)37-20-6-3-17(4-7-20)30-18-5-8-22(33(35)36)21(15-18)25(26,27)28/h5,8-10,15-17,20,30H,2-4,6-7,11-14H2,1H3/t17-,20-. The molecule has 1 aliphatic carbocycles. The molecule has 12 heteroatoms. The van der Waals surface area contributed by atoms with Gasteiger partial charge < -0.3 is 19.9 Å².